The third-order valence-electron chi connectivity index (χ3n) is 3.43. The normalized spacial score (nSPS) is 32.7. The van der Waals surface area contributed by atoms with E-state index in [9.17, 15) is 0 Å². The molecule has 2 aliphatic rings. The zero-order valence-electron chi connectivity index (χ0n) is 8.99. The summed E-state index contributed by atoms with van der Waals surface area (Å²) in [6.07, 6.45) is 8.59. The summed E-state index contributed by atoms with van der Waals surface area (Å²) in [6.45, 7) is 0. The number of aromatic nitrogens is 2. The summed E-state index contributed by atoms with van der Waals surface area (Å²) in [4.78, 5) is 8.51. The van der Waals surface area contributed by atoms with Gasteiger partial charge in [-0.1, -0.05) is 0 Å². The van der Waals surface area contributed by atoms with Gasteiger partial charge in [-0.25, -0.2) is 9.97 Å². The van der Waals surface area contributed by atoms with Gasteiger partial charge < -0.3 is 10.6 Å². The third-order valence-corrected chi connectivity index (χ3v) is 3.84. The van der Waals surface area contributed by atoms with E-state index in [-0.39, 0.29) is 0 Å². The average molecular weight is 283 g/mol. The van der Waals surface area contributed by atoms with Crippen LogP contribution in [0, 0.1) is 0 Å². The van der Waals surface area contributed by atoms with Crippen LogP contribution < -0.4 is 10.6 Å². The number of halogens is 1. The van der Waals surface area contributed by atoms with Crippen molar-refractivity contribution < 1.29 is 0 Å². The molecule has 2 unspecified atom stereocenters. The number of nitrogens with one attached hydrogen (secondary N) is 2. The lowest BCUT2D eigenvalue weighted by atomic mass is 10.0. The lowest BCUT2D eigenvalue weighted by Gasteiger charge is -2.29. The number of piperidine rings is 1. The van der Waals surface area contributed by atoms with Crippen LogP contribution in [0.1, 0.15) is 25.7 Å². The zero-order valence-corrected chi connectivity index (χ0v) is 10.6. The van der Waals surface area contributed by atoms with E-state index in [1.807, 2.05) is 0 Å². The van der Waals surface area contributed by atoms with Crippen LogP contribution in [0.5, 0.6) is 0 Å². The minimum absolute atomic E-state index is 0.528. The molecule has 4 nitrogen and oxygen atoms in total. The fourth-order valence-corrected chi connectivity index (χ4v) is 2.95. The molecular formula is C11H15BrN4. The molecule has 3 heterocycles. The van der Waals surface area contributed by atoms with Gasteiger partial charge in [-0.15, -0.1) is 0 Å². The van der Waals surface area contributed by atoms with Gasteiger partial charge in [-0.05, 0) is 41.6 Å². The number of anilines is 1. The van der Waals surface area contributed by atoms with Gasteiger partial charge in [0.15, 0.2) is 0 Å². The van der Waals surface area contributed by atoms with E-state index in [1.165, 1.54) is 25.7 Å². The van der Waals surface area contributed by atoms with Crippen molar-refractivity contribution in [3.05, 3.63) is 16.9 Å². The van der Waals surface area contributed by atoms with Crippen molar-refractivity contribution in [2.75, 3.05) is 5.32 Å². The molecule has 0 amide bonds. The summed E-state index contributed by atoms with van der Waals surface area (Å²) in [5.41, 5.74) is 0. The van der Waals surface area contributed by atoms with Crippen molar-refractivity contribution in [2.45, 2.75) is 43.8 Å². The first-order valence-electron chi connectivity index (χ1n) is 5.80. The fourth-order valence-electron chi connectivity index (χ4n) is 2.74. The van der Waals surface area contributed by atoms with Crippen LogP contribution in [0.2, 0.25) is 0 Å². The van der Waals surface area contributed by atoms with E-state index in [0.717, 1.165) is 10.4 Å². The Morgan fingerprint density at radius 3 is 2.44 bits per heavy atom. The van der Waals surface area contributed by atoms with Crippen molar-refractivity contribution in [1.82, 2.24) is 15.3 Å². The predicted molar refractivity (Wildman–Crippen MR) is 66.3 cm³/mol. The van der Waals surface area contributed by atoms with E-state index in [2.05, 4.69) is 36.5 Å². The second kappa shape index (κ2) is 4.30. The van der Waals surface area contributed by atoms with Gasteiger partial charge in [-0.2, -0.15) is 0 Å². The highest BCUT2D eigenvalue weighted by Crippen LogP contribution is 2.28. The van der Waals surface area contributed by atoms with Crippen molar-refractivity contribution >= 4 is 21.9 Å². The van der Waals surface area contributed by atoms with Crippen molar-refractivity contribution in [1.29, 1.82) is 0 Å². The first-order chi connectivity index (χ1) is 7.79. The summed E-state index contributed by atoms with van der Waals surface area (Å²) < 4.78 is 0.920. The van der Waals surface area contributed by atoms with Gasteiger partial charge in [0.1, 0.15) is 0 Å². The Hall–Kier alpha value is -0.680. The smallest absolute Gasteiger partial charge is 0.222 e. The SMILES string of the molecule is Brc1cnc(NC2CC3CCC(C2)N3)nc1. The minimum atomic E-state index is 0.528. The highest BCUT2D eigenvalue weighted by atomic mass is 79.9. The molecule has 2 N–H and O–H groups in total. The van der Waals surface area contributed by atoms with Crippen molar-refractivity contribution in [3.63, 3.8) is 0 Å². The maximum Gasteiger partial charge on any atom is 0.222 e. The molecule has 3 rings (SSSR count). The van der Waals surface area contributed by atoms with E-state index in [0.29, 0.717) is 18.1 Å². The zero-order chi connectivity index (χ0) is 11.0. The van der Waals surface area contributed by atoms with Crippen molar-refractivity contribution in [3.8, 4) is 0 Å². The predicted octanol–water partition coefficient (Wildman–Crippen LogP) is 1.93. The van der Waals surface area contributed by atoms with Gasteiger partial charge in [0.25, 0.3) is 0 Å². The summed E-state index contributed by atoms with van der Waals surface area (Å²) in [5.74, 6) is 0.745. The standard InChI is InChI=1S/C11H15BrN4/c12-7-5-13-11(14-6-7)16-10-3-8-1-2-9(4-10)15-8/h5-6,8-10,15H,1-4H2,(H,13,14,16). The molecule has 2 aliphatic heterocycles. The highest BCUT2D eigenvalue weighted by Gasteiger charge is 2.33. The van der Waals surface area contributed by atoms with Crippen LogP contribution in [0.3, 0.4) is 0 Å². The van der Waals surface area contributed by atoms with E-state index >= 15 is 0 Å². The van der Waals surface area contributed by atoms with Crippen LogP contribution in [-0.2, 0) is 0 Å². The van der Waals surface area contributed by atoms with Crippen LogP contribution in [0.4, 0.5) is 5.95 Å². The Labute approximate surface area is 103 Å². The number of hydrogen-bond acceptors (Lipinski definition) is 4. The van der Waals surface area contributed by atoms with Crippen LogP contribution in [0.15, 0.2) is 16.9 Å². The molecule has 0 saturated carbocycles. The fraction of sp³-hybridized carbons (Fsp3) is 0.636. The number of fused-ring (bicyclic) bond motifs is 2. The quantitative estimate of drug-likeness (QED) is 0.871. The Kier molecular flexibility index (Phi) is 2.81. The van der Waals surface area contributed by atoms with E-state index in [4.69, 9.17) is 0 Å². The Morgan fingerprint density at radius 2 is 1.81 bits per heavy atom. The number of hydrogen-bond donors (Lipinski definition) is 2. The first-order valence-corrected chi connectivity index (χ1v) is 6.59. The van der Waals surface area contributed by atoms with Gasteiger partial charge in [0.05, 0.1) is 4.47 Å². The molecule has 1 aromatic rings. The number of nitrogens with zero attached hydrogens (tertiary/aromatic N) is 2. The molecule has 16 heavy (non-hydrogen) atoms. The maximum atomic E-state index is 4.25. The minimum Gasteiger partial charge on any atom is -0.351 e. The molecule has 1 aromatic heterocycles. The summed E-state index contributed by atoms with van der Waals surface area (Å²) in [7, 11) is 0. The molecule has 2 saturated heterocycles. The molecule has 86 valence electrons. The molecule has 2 fully saturated rings. The Balaban J connectivity index is 1.64. The monoisotopic (exact) mass is 282 g/mol. The van der Waals surface area contributed by atoms with Gasteiger partial charge in [-0.3, -0.25) is 0 Å². The molecular weight excluding hydrogens is 268 g/mol. The van der Waals surface area contributed by atoms with Crippen LogP contribution >= 0.6 is 15.9 Å². The van der Waals surface area contributed by atoms with Gasteiger partial charge in [0.2, 0.25) is 5.95 Å². The molecule has 2 atom stereocenters. The average Bonchev–Trinajstić information content (AvgIpc) is 2.62. The molecule has 0 aromatic carbocycles. The third kappa shape index (κ3) is 2.20. The second-order valence-electron chi connectivity index (χ2n) is 4.68. The van der Waals surface area contributed by atoms with Crippen LogP contribution in [0.25, 0.3) is 0 Å². The van der Waals surface area contributed by atoms with E-state index in [1.54, 1.807) is 12.4 Å². The summed E-state index contributed by atoms with van der Waals surface area (Å²) in [5, 5.41) is 7.05. The maximum absolute atomic E-state index is 4.25. The highest BCUT2D eigenvalue weighted by molar-refractivity contribution is 9.10. The van der Waals surface area contributed by atoms with Gasteiger partial charge in [0, 0.05) is 30.5 Å². The Bertz CT molecular complexity index is 355. The lowest BCUT2D eigenvalue weighted by molar-refractivity contribution is 0.377. The second-order valence-corrected chi connectivity index (χ2v) is 5.59. The van der Waals surface area contributed by atoms with Crippen molar-refractivity contribution in [2.24, 2.45) is 0 Å². The summed E-state index contributed by atoms with van der Waals surface area (Å²) in [6, 6.07) is 1.93. The van der Waals surface area contributed by atoms with Gasteiger partial charge >= 0.3 is 0 Å². The lowest BCUT2D eigenvalue weighted by Crippen LogP contribution is -2.43. The molecule has 2 bridgehead atoms. The first kappa shape index (κ1) is 10.5. The molecule has 0 aliphatic carbocycles. The van der Waals surface area contributed by atoms with E-state index < -0.39 is 0 Å². The molecule has 0 spiro atoms. The largest absolute Gasteiger partial charge is 0.351 e. The molecule has 0 radical (unpaired) electrons. The molecule has 5 heteroatoms. The topological polar surface area (TPSA) is 49.8 Å². The summed E-state index contributed by atoms with van der Waals surface area (Å²) >= 11 is 3.34. The number of rotatable bonds is 2. The Morgan fingerprint density at radius 1 is 1.19 bits per heavy atom. The van der Waals surface area contributed by atoms with Crippen LogP contribution in [-0.4, -0.2) is 28.1 Å².